The molecule has 0 aliphatic rings. The minimum atomic E-state index is 0.250. The summed E-state index contributed by atoms with van der Waals surface area (Å²) < 4.78 is 5.19. The molecule has 2 aromatic rings. The van der Waals surface area contributed by atoms with E-state index in [4.69, 9.17) is 16.0 Å². The quantitative estimate of drug-likeness (QED) is 0.820. The van der Waals surface area contributed by atoms with Gasteiger partial charge in [0.2, 0.25) is 5.89 Å². The van der Waals surface area contributed by atoms with E-state index in [0.29, 0.717) is 11.9 Å². The van der Waals surface area contributed by atoms with Crippen LogP contribution in [0.15, 0.2) is 21.9 Å². The van der Waals surface area contributed by atoms with Gasteiger partial charge in [-0.1, -0.05) is 11.2 Å². The van der Waals surface area contributed by atoms with Gasteiger partial charge in [-0.3, -0.25) is 0 Å². The molecule has 0 amide bonds. The minimum absolute atomic E-state index is 0.250. The molecule has 0 fully saturated rings. The van der Waals surface area contributed by atoms with Gasteiger partial charge in [-0.05, 0) is 17.9 Å². The fraction of sp³-hybridized carbons (Fsp3) is 0.333. The molecular formula is C9H10ClN3OS. The van der Waals surface area contributed by atoms with Crippen molar-refractivity contribution < 1.29 is 4.42 Å². The number of aromatic nitrogens is 2. The highest BCUT2D eigenvalue weighted by molar-refractivity contribution is 7.09. The third-order valence-corrected chi connectivity index (χ3v) is 2.97. The topological polar surface area (TPSA) is 51.0 Å². The maximum atomic E-state index is 5.53. The lowest BCUT2D eigenvalue weighted by molar-refractivity contribution is 0.525. The molecular weight excluding hydrogens is 234 g/mol. The molecule has 4 nitrogen and oxygen atoms in total. The number of anilines is 1. The molecule has 0 aliphatic carbocycles. The zero-order valence-electron chi connectivity index (χ0n) is 7.94. The zero-order chi connectivity index (χ0) is 10.5. The first kappa shape index (κ1) is 10.4. The first-order chi connectivity index (χ1) is 7.38. The smallest absolute Gasteiger partial charge is 0.315 e. The van der Waals surface area contributed by atoms with E-state index < -0.39 is 0 Å². The van der Waals surface area contributed by atoms with Crippen LogP contribution in [0.3, 0.4) is 0 Å². The Morgan fingerprint density at radius 1 is 1.47 bits per heavy atom. The zero-order valence-corrected chi connectivity index (χ0v) is 9.51. The standard InChI is InChI=1S/C9H10ClN3OS/c10-6-8-12-13-9(14-8)11-4-3-7-2-1-5-15-7/h1-2,5H,3-4,6H2,(H,11,13). The molecule has 0 spiro atoms. The predicted octanol–water partition coefficient (Wildman–Crippen LogP) is 2.52. The van der Waals surface area contributed by atoms with Crippen LogP contribution in [0.4, 0.5) is 6.01 Å². The van der Waals surface area contributed by atoms with E-state index >= 15 is 0 Å². The Morgan fingerprint density at radius 3 is 3.07 bits per heavy atom. The molecule has 0 unspecified atom stereocenters. The normalized spacial score (nSPS) is 10.5. The van der Waals surface area contributed by atoms with Gasteiger partial charge in [-0.25, -0.2) is 0 Å². The number of hydrogen-bond donors (Lipinski definition) is 1. The highest BCUT2D eigenvalue weighted by Gasteiger charge is 2.03. The van der Waals surface area contributed by atoms with Gasteiger partial charge in [-0.2, -0.15) is 0 Å². The van der Waals surface area contributed by atoms with Crippen molar-refractivity contribution in [3.05, 3.63) is 28.3 Å². The van der Waals surface area contributed by atoms with Crippen LogP contribution in [0, 0.1) is 0 Å². The molecule has 0 atom stereocenters. The molecule has 2 aromatic heterocycles. The SMILES string of the molecule is ClCc1nnc(NCCc2cccs2)o1. The number of thiophene rings is 1. The van der Waals surface area contributed by atoms with E-state index in [9.17, 15) is 0 Å². The van der Waals surface area contributed by atoms with E-state index in [0.717, 1.165) is 13.0 Å². The Morgan fingerprint density at radius 2 is 2.40 bits per heavy atom. The van der Waals surface area contributed by atoms with E-state index in [1.807, 2.05) is 6.07 Å². The van der Waals surface area contributed by atoms with Gasteiger partial charge in [0.05, 0.1) is 0 Å². The number of nitrogens with zero attached hydrogens (tertiary/aromatic N) is 2. The molecule has 2 rings (SSSR count). The van der Waals surface area contributed by atoms with Crippen LogP contribution >= 0.6 is 22.9 Å². The summed E-state index contributed by atoms with van der Waals surface area (Å²) in [6, 6.07) is 4.57. The van der Waals surface area contributed by atoms with E-state index in [-0.39, 0.29) is 5.88 Å². The largest absolute Gasteiger partial charge is 0.407 e. The Bertz CT molecular complexity index is 401. The Kier molecular flexibility index (Phi) is 3.58. The van der Waals surface area contributed by atoms with Crippen molar-refractivity contribution in [3.8, 4) is 0 Å². The van der Waals surface area contributed by atoms with Crippen LogP contribution in [0.5, 0.6) is 0 Å². The van der Waals surface area contributed by atoms with E-state index in [2.05, 4.69) is 27.0 Å². The number of hydrogen-bond acceptors (Lipinski definition) is 5. The number of rotatable bonds is 5. The molecule has 0 saturated carbocycles. The summed E-state index contributed by atoms with van der Waals surface area (Å²) in [5.74, 6) is 0.690. The van der Waals surface area contributed by atoms with Crippen molar-refractivity contribution in [1.29, 1.82) is 0 Å². The maximum Gasteiger partial charge on any atom is 0.315 e. The molecule has 6 heteroatoms. The summed E-state index contributed by atoms with van der Waals surface area (Å²) in [6.07, 6.45) is 0.955. The summed E-state index contributed by atoms with van der Waals surface area (Å²) >= 11 is 7.27. The average molecular weight is 244 g/mol. The summed E-state index contributed by atoms with van der Waals surface area (Å²) in [7, 11) is 0. The lowest BCUT2D eigenvalue weighted by Crippen LogP contribution is -2.03. The van der Waals surface area contributed by atoms with Crippen LogP contribution in [0.2, 0.25) is 0 Å². The van der Waals surface area contributed by atoms with Crippen molar-refractivity contribution in [2.24, 2.45) is 0 Å². The Hall–Kier alpha value is -1.07. The van der Waals surface area contributed by atoms with Gasteiger partial charge in [0, 0.05) is 11.4 Å². The first-order valence-corrected chi connectivity index (χ1v) is 5.94. The van der Waals surface area contributed by atoms with Gasteiger partial charge in [0.25, 0.3) is 0 Å². The van der Waals surface area contributed by atoms with Gasteiger partial charge in [0.1, 0.15) is 5.88 Å². The fourth-order valence-electron chi connectivity index (χ4n) is 1.13. The number of alkyl halides is 1. The third kappa shape index (κ3) is 2.94. The lowest BCUT2D eigenvalue weighted by Gasteiger charge is -1.98. The van der Waals surface area contributed by atoms with Gasteiger partial charge >= 0.3 is 6.01 Å². The first-order valence-electron chi connectivity index (χ1n) is 4.53. The second-order valence-electron chi connectivity index (χ2n) is 2.89. The molecule has 1 N–H and O–H groups in total. The second kappa shape index (κ2) is 5.14. The van der Waals surface area contributed by atoms with Crippen LogP contribution < -0.4 is 5.32 Å². The average Bonchev–Trinajstić information content (AvgIpc) is 2.88. The minimum Gasteiger partial charge on any atom is -0.407 e. The van der Waals surface area contributed by atoms with Crippen LogP contribution in [-0.2, 0) is 12.3 Å². The molecule has 80 valence electrons. The van der Waals surface area contributed by atoms with Crippen LogP contribution in [-0.4, -0.2) is 16.7 Å². The monoisotopic (exact) mass is 243 g/mol. The van der Waals surface area contributed by atoms with E-state index in [1.54, 1.807) is 11.3 Å². The molecule has 0 aliphatic heterocycles. The van der Waals surface area contributed by atoms with Gasteiger partial charge in [0.15, 0.2) is 0 Å². The highest BCUT2D eigenvalue weighted by atomic mass is 35.5. The number of nitrogens with one attached hydrogen (secondary N) is 1. The summed E-state index contributed by atoms with van der Waals surface area (Å²) in [6.45, 7) is 0.782. The van der Waals surface area contributed by atoms with E-state index in [1.165, 1.54) is 4.88 Å². The molecule has 0 radical (unpaired) electrons. The van der Waals surface area contributed by atoms with Crippen LogP contribution in [0.1, 0.15) is 10.8 Å². The summed E-state index contributed by atoms with van der Waals surface area (Å²) in [5.41, 5.74) is 0. The predicted molar refractivity (Wildman–Crippen MR) is 60.4 cm³/mol. The summed E-state index contributed by atoms with van der Waals surface area (Å²) in [4.78, 5) is 1.33. The maximum absolute atomic E-state index is 5.53. The van der Waals surface area contributed by atoms with Crippen molar-refractivity contribution in [2.75, 3.05) is 11.9 Å². The van der Waals surface area contributed by atoms with Crippen molar-refractivity contribution >= 4 is 29.0 Å². The van der Waals surface area contributed by atoms with Crippen LogP contribution in [0.25, 0.3) is 0 Å². The number of halogens is 1. The van der Waals surface area contributed by atoms with Crippen molar-refractivity contribution in [1.82, 2.24) is 10.2 Å². The molecule has 0 saturated heterocycles. The van der Waals surface area contributed by atoms with Crippen molar-refractivity contribution in [3.63, 3.8) is 0 Å². The van der Waals surface area contributed by atoms with Gasteiger partial charge < -0.3 is 9.73 Å². The molecule has 0 bridgehead atoms. The third-order valence-electron chi connectivity index (χ3n) is 1.81. The van der Waals surface area contributed by atoms with Crippen molar-refractivity contribution in [2.45, 2.75) is 12.3 Å². The Labute approximate surface area is 96.3 Å². The Balaban J connectivity index is 1.78. The molecule has 0 aromatic carbocycles. The molecule has 2 heterocycles. The lowest BCUT2D eigenvalue weighted by atomic mass is 10.3. The van der Waals surface area contributed by atoms with Gasteiger partial charge in [-0.15, -0.1) is 28.0 Å². The second-order valence-corrected chi connectivity index (χ2v) is 4.19. The summed E-state index contributed by atoms with van der Waals surface area (Å²) in [5, 5.41) is 12.6. The highest BCUT2D eigenvalue weighted by Crippen LogP contribution is 2.10. The fourth-order valence-corrected chi connectivity index (χ4v) is 1.94. The molecule has 15 heavy (non-hydrogen) atoms.